The summed E-state index contributed by atoms with van der Waals surface area (Å²) < 4.78 is 4.65. The van der Waals surface area contributed by atoms with Crippen LogP contribution in [0.1, 0.15) is 32.1 Å². The molecule has 11 heavy (non-hydrogen) atoms. The zero-order valence-corrected chi connectivity index (χ0v) is 9.43. The second kappa shape index (κ2) is 6.04. The van der Waals surface area contributed by atoms with Crippen LogP contribution in [0.15, 0.2) is 0 Å². The van der Waals surface area contributed by atoms with Crippen molar-refractivity contribution in [3.05, 3.63) is 0 Å². The van der Waals surface area contributed by atoms with Crippen molar-refractivity contribution in [1.29, 1.82) is 0 Å². The molecule has 0 atom stereocenters. The zero-order valence-electron chi connectivity index (χ0n) is 7.43. The van der Waals surface area contributed by atoms with E-state index in [1.807, 2.05) is 0 Å². The summed E-state index contributed by atoms with van der Waals surface area (Å²) in [5.74, 6) is 0.193. The molecule has 0 bridgehead atoms. The van der Waals surface area contributed by atoms with E-state index < -0.39 is 0 Å². The molecule has 1 aliphatic carbocycles. The Morgan fingerprint density at radius 3 is 2.27 bits per heavy atom. The molecule has 3 heteroatoms. The predicted molar refractivity (Wildman–Crippen MR) is 44.3 cm³/mol. The number of carbonyl (C=O) groups is 1. The molecular weight excluding hydrogens is 151 g/mol. The molecule has 0 aromatic rings. The van der Waals surface area contributed by atoms with Crippen LogP contribution < -0.4 is 0 Å². The van der Waals surface area contributed by atoms with Crippen LogP contribution in [0, 0.1) is 5.92 Å². The monoisotopic (exact) mass is 165 g/mol. The Morgan fingerprint density at radius 1 is 1.27 bits per heavy atom. The van der Waals surface area contributed by atoms with Crippen LogP contribution in [0.5, 0.6) is 0 Å². The second-order valence-electron chi connectivity index (χ2n) is 2.86. The summed E-state index contributed by atoms with van der Waals surface area (Å²) in [4.78, 5) is 10.9. The third-order valence-corrected chi connectivity index (χ3v) is 2.14. The van der Waals surface area contributed by atoms with E-state index in [9.17, 15) is 4.79 Å². The van der Waals surface area contributed by atoms with Gasteiger partial charge in [-0.15, -0.1) is 0 Å². The molecule has 0 heterocycles. The first kappa shape index (κ1) is 11.5. The molecule has 1 aliphatic rings. The molecule has 0 aromatic heterocycles. The van der Waals surface area contributed by atoms with Gasteiger partial charge in [0.25, 0.3) is 0 Å². The minimum Gasteiger partial charge on any atom is -0.469 e. The van der Waals surface area contributed by atoms with E-state index in [2.05, 4.69) is 4.74 Å². The predicted octanol–water partition coefficient (Wildman–Crippen LogP) is 1.36. The normalized spacial score (nSPS) is 18.6. The van der Waals surface area contributed by atoms with Crippen LogP contribution in [0.25, 0.3) is 0 Å². The molecule has 1 saturated carbocycles. The third kappa shape index (κ3) is 3.59. The van der Waals surface area contributed by atoms with E-state index in [0.29, 0.717) is 0 Å². The van der Waals surface area contributed by atoms with Gasteiger partial charge in [0.05, 0.1) is 13.0 Å². The Hall–Kier alpha value is 0.470. The summed E-state index contributed by atoms with van der Waals surface area (Å²) in [5, 5.41) is 0. The summed E-state index contributed by atoms with van der Waals surface area (Å²) in [6, 6.07) is 0. The summed E-state index contributed by atoms with van der Waals surface area (Å²) in [7, 11) is 1.47. The fourth-order valence-electron chi connectivity index (χ4n) is 1.50. The summed E-state index contributed by atoms with van der Waals surface area (Å²) in [5.41, 5.74) is 0. The molecule has 1 radical (unpaired) electrons. The fraction of sp³-hybridized carbons (Fsp3) is 0.875. The van der Waals surface area contributed by atoms with Gasteiger partial charge in [0.2, 0.25) is 0 Å². The van der Waals surface area contributed by atoms with Gasteiger partial charge in [0, 0.05) is 29.6 Å². The van der Waals surface area contributed by atoms with E-state index in [-0.39, 0.29) is 41.4 Å². The maximum absolute atomic E-state index is 10.9. The van der Waals surface area contributed by atoms with Crippen molar-refractivity contribution >= 4 is 35.5 Å². The van der Waals surface area contributed by atoms with E-state index >= 15 is 0 Å². The average molecular weight is 165 g/mol. The van der Waals surface area contributed by atoms with Crippen LogP contribution in [-0.2, 0) is 9.53 Å². The van der Waals surface area contributed by atoms with E-state index in [1.165, 1.54) is 26.4 Å². The molecule has 0 aliphatic heterocycles. The summed E-state index contributed by atoms with van der Waals surface area (Å²) >= 11 is 0. The SMILES string of the molecule is COC(=O)C1CCCCC1.[Na]. The van der Waals surface area contributed by atoms with Crippen LogP contribution >= 0.6 is 0 Å². The zero-order chi connectivity index (χ0) is 7.40. The van der Waals surface area contributed by atoms with Gasteiger partial charge >= 0.3 is 5.97 Å². The van der Waals surface area contributed by atoms with Crippen molar-refractivity contribution in [2.75, 3.05) is 7.11 Å². The van der Waals surface area contributed by atoms with Crippen LogP contribution in [-0.4, -0.2) is 42.6 Å². The molecular formula is C8H14NaO2. The van der Waals surface area contributed by atoms with Crippen molar-refractivity contribution in [2.24, 2.45) is 5.92 Å². The van der Waals surface area contributed by atoms with Gasteiger partial charge < -0.3 is 4.74 Å². The average Bonchev–Trinajstić information content (AvgIpc) is 2.05. The van der Waals surface area contributed by atoms with Gasteiger partial charge in [-0.1, -0.05) is 19.3 Å². The first-order valence-electron chi connectivity index (χ1n) is 3.92. The van der Waals surface area contributed by atoms with Gasteiger partial charge in [-0.05, 0) is 12.8 Å². The minimum atomic E-state index is -0.0142. The molecule has 0 spiro atoms. The van der Waals surface area contributed by atoms with Crippen LogP contribution in [0.3, 0.4) is 0 Å². The summed E-state index contributed by atoms with van der Waals surface area (Å²) in [6.07, 6.45) is 5.74. The topological polar surface area (TPSA) is 26.3 Å². The molecule has 0 saturated heterocycles. The van der Waals surface area contributed by atoms with E-state index in [0.717, 1.165) is 12.8 Å². The Kier molecular flexibility index (Phi) is 6.30. The van der Waals surface area contributed by atoms with E-state index in [4.69, 9.17) is 0 Å². The largest absolute Gasteiger partial charge is 0.469 e. The Balaban J connectivity index is 0.000001000. The van der Waals surface area contributed by atoms with Crippen molar-refractivity contribution in [3.8, 4) is 0 Å². The molecule has 0 N–H and O–H groups in total. The quantitative estimate of drug-likeness (QED) is 0.433. The van der Waals surface area contributed by atoms with Gasteiger partial charge in [-0.25, -0.2) is 0 Å². The van der Waals surface area contributed by atoms with Crippen molar-refractivity contribution in [1.82, 2.24) is 0 Å². The molecule has 0 aromatic carbocycles. The molecule has 1 fully saturated rings. The minimum absolute atomic E-state index is 0. The number of rotatable bonds is 1. The number of ether oxygens (including phenoxy) is 1. The van der Waals surface area contributed by atoms with Crippen molar-refractivity contribution in [2.45, 2.75) is 32.1 Å². The van der Waals surface area contributed by atoms with Crippen molar-refractivity contribution < 1.29 is 9.53 Å². The number of hydrogen-bond acceptors (Lipinski definition) is 2. The molecule has 59 valence electrons. The maximum atomic E-state index is 10.9. The Labute approximate surface area is 90.0 Å². The van der Waals surface area contributed by atoms with Gasteiger partial charge in [-0.2, -0.15) is 0 Å². The van der Waals surface area contributed by atoms with Gasteiger partial charge in [0.1, 0.15) is 0 Å². The Bertz CT molecular complexity index is 119. The van der Waals surface area contributed by atoms with Crippen LogP contribution in [0.2, 0.25) is 0 Å². The maximum Gasteiger partial charge on any atom is 0.308 e. The van der Waals surface area contributed by atoms with Gasteiger partial charge in [-0.3, -0.25) is 4.79 Å². The first-order chi connectivity index (χ1) is 4.84. The van der Waals surface area contributed by atoms with E-state index in [1.54, 1.807) is 0 Å². The second-order valence-corrected chi connectivity index (χ2v) is 2.86. The number of methoxy groups -OCH3 is 1. The van der Waals surface area contributed by atoms with Gasteiger partial charge in [0.15, 0.2) is 0 Å². The van der Waals surface area contributed by atoms with Crippen LogP contribution in [0.4, 0.5) is 0 Å². The number of hydrogen-bond donors (Lipinski definition) is 0. The fourth-order valence-corrected chi connectivity index (χ4v) is 1.50. The molecule has 0 unspecified atom stereocenters. The Morgan fingerprint density at radius 2 is 1.82 bits per heavy atom. The third-order valence-electron chi connectivity index (χ3n) is 2.14. The first-order valence-corrected chi connectivity index (χ1v) is 3.92. The number of esters is 1. The van der Waals surface area contributed by atoms with Crippen molar-refractivity contribution in [3.63, 3.8) is 0 Å². The summed E-state index contributed by atoms with van der Waals surface area (Å²) in [6.45, 7) is 0. The molecule has 1 rings (SSSR count). The standard InChI is InChI=1S/C8H14O2.Na/c1-10-8(9)7-5-3-2-4-6-7;/h7H,2-6H2,1H3;. The molecule has 2 nitrogen and oxygen atoms in total. The smallest absolute Gasteiger partial charge is 0.308 e. The number of carbonyl (C=O) groups excluding carboxylic acids is 1. The molecule has 0 amide bonds.